The molecule has 5 nitrogen and oxygen atoms in total. The number of hydrogen-bond acceptors (Lipinski definition) is 4. The zero-order chi connectivity index (χ0) is 8.10. The van der Waals surface area contributed by atoms with Gasteiger partial charge < -0.3 is 9.30 Å². The highest BCUT2D eigenvalue weighted by molar-refractivity contribution is 5.69. The minimum absolute atomic E-state index is 0.181. The first-order chi connectivity index (χ1) is 5.33. The Kier molecular flexibility index (Phi) is 2.59. The fourth-order valence-electron chi connectivity index (χ4n) is 0.659. The molecule has 11 heavy (non-hydrogen) atoms. The van der Waals surface area contributed by atoms with Crippen molar-refractivity contribution in [1.29, 1.82) is 0 Å². The van der Waals surface area contributed by atoms with Crippen LogP contribution in [-0.2, 0) is 16.1 Å². The van der Waals surface area contributed by atoms with Crippen molar-refractivity contribution in [3.05, 3.63) is 12.7 Å². The zero-order valence-electron chi connectivity index (χ0n) is 6.23. The van der Waals surface area contributed by atoms with Gasteiger partial charge in [-0.25, -0.2) is 0 Å². The normalized spacial score (nSPS) is 9.55. The molecule has 0 radical (unpaired) electrons. The van der Waals surface area contributed by atoms with Gasteiger partial charge in [0.05, 0.1) is 6.61 Å². The Morgan fingerprint density at radius 3 is 2.73 bits per heavy atom. The van der Waals surface area contributed by atoms with E-state index in [1.165, 1.54) is 12.7 Å². The molecule has 0 aromatic carbocycles. The van der Waals surface area contributed by atoms with Gasteiger partial charge in [-0.15, -0.1) is 10.2 Å². The van der Waals surface area contributed by atoms with Crippen molar-refractivity contribution in [2.75, 3.05) is 6.61 Å². The first-order valence-corrected chi connectivity index (χ1v) is 3.31. The highest BCUT2D eigenvalue weighted by atomic mass is 16.5. The summed E-state index contributed by atoms with van der Waals surface area (Å²) in [5.74, 6) is -0.271. The number of nitrogens with zero attached hydrogens (tertiary/aromatic N) is 3. The Morgan fingerprint density at radius 2 is 2.18 bits per heavy atom. The summed E-state index contributed by atoms with van der Waals surface area (Å²) in [5, 5.41) is 7.08. The van der Waals surface area contributed by atoms with Crippen LogP contribution in [0.1, 0.15) is 6.92 Å². The summed E-state index contributed by atoms with van der Waals surface area (Å²) < 4.78 is 6.25. The zero-order valence-corrected chi connectivity index (χ0v) is 6.23. The van der Waals surface area contributed by atoms with E-state index in [9.17, 15) is 4.79 Å². The standard InChI is InChI=1S/C6H9N3O2/c1-2-11-6(10)3-9-4-7-8-5-9/h4-5H,2-3H2,1H3. The lowest BCUT2D eigenvalue weighted by Crippen LogP contribution is -2.11. The molecule has 1 heterocycles. The van der Waals surface area contributed by atoms with E-state index < -0.39 is 0 Å². The van der Waals surface area contributed by atoms with E-state index in [0.717, 1.165) is 0 Å². The van der Waals surface area contributed by atoms with Gasteiger partial charge in [0.25, 0.3) is 0 Å². The molecule has 0 aliphatic heterocycles. The minimum Gasteiger partial charge on any atom is -0.465 e. The second-order valence-corrected chi connectivity index (χ2v) is 1.94. The van der Waals surface area contributed by atoms with Crippen molar-refractivity contribution in [1.82, 2.24) is 14.8 Å². The second-order valence-electron chi connectivity index (χ2n) is 1.94. The van der Waals surface area contributed by atoms with Crippen LogP contribution in [-0.4, -0.2) is 27.3 Å². The summed E-state index contributed by atoms with van der Waals surface area (Å²) in [5.41, 5.74) is 0. The van der Waals surface area contributed by atoms with Gasteiger partial charge in [-0.2, -0.15) is 0 Å². The average Bonchev–Trinajstić information content (AvgIpc) is 2.40. The summed E-state index contributed by atoms with van der Waals surface area (Å²) in [4.78, 5) is 10.8. The van der Waals surface area contributed by atoms with Crippen molar-refractivity contribution in [3.8, 4) is 0 Å². The van der Waals surface area contributed by atoms with E-state index in [1.807, 2.05) is 0 Å². The molecule has 1 aromatic heterocycles. The van der Waals surface area contributed by atoms with Gasteiger partial charge in [-0.1, -0.05) is 0 Å². The van der Waals surface area contributed by atoms with Crippen LogP contribution in [0, 0.1) is 0 Å². The number of ether oxygens (including phenoxy) is 1. The SMILES string of the molecule is CCOC(=O)Cn1cnnc1. The van der Waals surface area contributed by atoms with Crippen molar-refractivity contribution in [2.45, 2.75) is 13.5 Å². The number of aromatic nitrogens is 3. The third-order valence-corrected chi connectivity index (χ3v) is 1.08. The quantitative estimate of drug-likeness (QED) is 0.569. The smallest absolute Gasteiger partial charge is 0.326 e. The van der Waals surface area contributed by atoms with Crippen LogP contribution in [0.5, 0.6) is 0 Å². The Labute approximate surface area is 64.0 Å². The van der Waals surface area contributed by atoms with Crippen molar-refractivity contribution < 1.29 is 9.53 Å². The van der Waals surface area contributed by atoms with Gasteiger partial charge in [0.15, 0.2) is 0 Å². The molecule has 0 saturated carbocycles. The molecule has 0 spiro atoms. The van der Waals surface area contributed by atoms with E-state index in [1.54, 1.807) is 11.5 Å². The number of esters is 1. The van der Waals surface area contributed by atoms with Gasteiger partial charge in [0, 0.05) is 0 Å². The largest absolute Gasteiger partial charge is 0.465 e. The highest BCUT2D eigenvalue weighted by Gasteiger charge is 2.01. The van der Waals surface area contributed by atoms with Gasteiger partial charge in [-0.3, -0.25) is 4.79 Å². The predicted molar refractivity (Wildman–Crippen MR) is 36.7 cm³/mol. The van der Waals surface area contributed by atoms with Crippen LogP contribution in [0.4, 0.5) is 0 Å². The van der Waals surface area contributed by atoms with Crippen molar-refractivity contribution in [2.24, 2.45) is 0 Å². The Morgan fingerprint density at radius 1 is 1.55 bits per heavy atom. The number of rotatable bonds is 3. The molecule has 0 bridgehead atoms. The average molecular weight is 155 g/mol. The van der Waals surface area contributed by atoms with Crippen LogP contribution in [0.15, 0.2) is 12.7 Å². The molecule has 0 fully saturated rings. The number of carbonyl (C=O) groups is 1. The molecule has 0 saturated heterocycles. The van der Waals surface area contributed by atoms with Crippen LogP contribution >= 0.6 is 0 Å². The molecule has 0 unspecified atom stereocenters. The topological polar surface area (TPSA) is 57.0 Å². The first-order valence-electron chi connectivity index (χ1n) is 3.31. The van der Waals surface area contributed by atoms with Crippen molar-refractivity contribution in [3.63, 3.8) is 0 Å². The van der Waals surface area contributed by atoms with Crippen LogP contribution < -0.4 is 0 Å². The molecule has 1 rings (SSSR count). The molecule has 0 atom stereocenters. The molecular formula is C6H9N3O2. The highest BCUT2D eigenvalue weighted by Crippen LogP contribution is 1.85. The summed E-state index contributed by atoms with van der Waals surface area (Å²) >= 11 is 0. The lowest BCUT2D eigenvalue weighted by Gasteiger charge is -1.99. The summed E-state index contributed by atoms with van der Waals surface area (Å²) in [6, 6.07) is 0. The van der Waals surface area contributed by atoms with Gasteiger partial charge >= 0.3 is 5.97 Å². The molecular weight excluding hydrogens is 146 g/mol. The van der Waals surface area contributed by atoms with E-state index in [4.69, 9.17) is 4.74 Å². The predicted octanol–water partition coefficient (Wildman–Crippen LogP) is -0.159. The second kappa shape index (κ2) is 3.70. The molecule has 0 amide bonds. The van der Waals surface area contributed by atoms with Crippen LogP contribution in [0.25, 0.3) is 0 Å². The minimum atomic E-state index is -0.271. The molecule has 5 heteroatoms. The summed E-state index contributed by atoms with van der Waals surface area (Å²) in [6.45, 7) is 2.35. The molecule has 0 aliphatic carbocycles. The Balaban J connectivity index is 2.37. The lowest BCUT2D eigenvalue weighted by molar-refractivity contribution is -0.143. The maximum atomic E-state index is 10.8. The van der Waals surface area contributed by atoms with Gasteiger partial charge in [0.2, 0.25) is 0 Å². The molecule has 60 valence electrons. The fourth-order valence-corrected chi connectivity index (χ4v) is 0.659. The van der Waals surface area contributed by atoms with Gasteiger partial charge in [0.1, 0.15) is 19.2 Å². The molecule has 0 aliphatic rings. The Bertz CT molecular complexity index is 220. The first kappa shape index (κ1) is 7.71. The molecule has 1 aromatic rings. The summed E-state index contributed by atoms with van der Waals surface area (Å²) in [6.07, 6.45) is 2.94. The maximum absolute atomic E-state index is 10.8. The van der Waals surface area contributed by atoms with Crippen molar-refractivity contribution >= 4 is 5.97 Å². The van der Waals surface area contributed by atoms with E-state index in [0.29, 0.717) is 6.61 Å². The van der Waals surface area contributed by atoms with Crippen LogP contribution in [0.2, 0.25) is 0 Å². The van der Waals surface area contributed by atoms with Crippen LogP contribution in [0.3, 0.4) is 0 Å². The van der Waals surface area contributed by atoms with E-state index in [2.05, 4.69) is 10.2 Å². The monoisotopic (exact) mass is 155 g/mol. The number of hydrogen-bond donors (Lipinski definition) is 0. The van der Waals surface area contributed by atoms with E-state index in [-0.39, 0.29) is 12.5 Å². The third-order valence-electron chi connectivity index (χ3n) is 1.08. The lowest BCUT2D eigenvalue weighted by atomic mass is 10.6. The summed E-state index contributed by atoms with van der Waals surface area (Å²) in [7, 11) is 0. The third kappa shape index (κ3) is 2.37. The number of carbonyl (C=O) groups excluding carboxylic acids is 1. The Hall–Kier alpha value is -1.39. The van der Waals surface area contributed by atoms with E-state index >= 15 is 0 Å². The fraction of sp³-hybridized carbons (Fsp3) is 0.500. The van der Waals surface area contributed by atoms with Gasteiger partial charge in [-0.05, 0) is 6.92 Å². The maximum Gasteiger partial charge on any atom is 0.326 e. The molecule has 0 N–H and O–H groups in total.